The topological polar surface area (TPSA) is 37.3 Å². The maximum Gasteiger partial charge on any atom is 0.306 e. The lowest BCUT2D eigenvalue weighted by Crippen LogP contribution is -2.09. The monoisotopic (exact) mass is 224 g/mol. The number of rotatable bonds is 2. The second-order valence-electron chi connectivity index (χ2n) is 4.10. The molecule has 80 valence electrons. The molecule has 1 aliphatic carbocycles. The first-order valence-electron chi connectivity index (χ1n) is 5.15. The molecule has 1 aromatic carbocycles. The smallest absolute Gasteiger partial charge is 0.306 e. The average molecular weight is 225 g/mol. The Hall–Kier alpha value is -1.02. The number of carbonyl (C=O) groups is 1. The van der Waals surface area contributed by atoms with Gasteiger partial charge in [0.25, 0.3) is 0 Å². The number of carboxylic acid groups (broad SMARTS) is 1. The number of hydrogen-bond acceptors (Lipinski definition) is 1. The molecule has 0 bridgehead atoms. The van der Waals surface area contributed by atoms with E-state index in [0.29, 0.717) is 5.92 Å². The van der Waals surface area contributed by atoms with E-state index in [1.807, 2.05) is 24.3 Å². The zero-order valence-electron chi connectivity index (χ0n) is 8.32. The predicted molar refractivity (Wildman–Crippen MR) is 59.2 cm³/mol. The number of aliphatic carboxylic acids is 1. The van der Waals surface area contributed by atoms with Gasteiger partial charge < -0.3 is 5.11 Å². The summed E-state index contributed by atoms with van der Waals surface area (Å²) in [4.78, 5) is 10.8. The predicted octanol–water partition coefficient (Wildman–Crippen LogP) is 3.31. The van der Waals surface area contributed by atoms with Crippen LogP contribution >= 0.6 is 11.6 Å². The van der Waals surface area contributed by atoms with Crippen molar-refractivity contribution in [3.05, 3.63) is 34.9 Å². The van der Waals surface area contributed by atoms with Gasteiger partial charge in [0.2, 0.25) is 0 Å². The van der Waals surface area contributed by atoms with E-state index < -0.39 is 5.97 Å². The quantitative estimate of drug-likeness (QED) is 0.837. The highest BCUT2D eigenvalue weighted by Gasteiger charge is 2.30. The van der Waals surface area contributed by atoms with Gasteiger partial charge in [0, 0.05) is 5.02 Å². The van der Waals surface area contributed by atoms with Crippen molar-refractivity contribution in [2.24, 2.45) is 5.92 Å². The van der Waals surface area contributed by atoms with Crippen molar-refractivity contribution >= 4 is 17.6 Å². The minimum atomic E-state index is -0.661. The average Bonchev–Trinajstić information content (AvgIpc) is 2.68. The Balaban J connectivity index is 2.07. The van der Waals surface area contributed by atoms with Crippen LogP contribution in [0.15, 0.2) is 24.3 Å². The second-order valence-corrected chi connectivity index (χ2v) is 4.53. The van der Waals surface area contributed by atoms with E-state index in [1.165, 1.54) is 5.56 Å². The van der Waals surface area contributed by atoms with Crippen LogP contribution in [0.25, 0.3) is 0 Å². The van der Waals surface area contributed by atoms with E-state index in [4.69, 9.17) is 16.7 Å². The Kier molecular flexibility index (Phi) is 2.96. The normalized spacial score (nSPS) is 25.4. The molecule has 0 radical (unpaired) electrons. The van der Waals surface area contributed by atoms with Gasteiger partial charge in [-0.05, 0) is 42.9 Å². The Morgan fingerprint density at radius 3 is 2.47 bits per heavy atom. The van der Waals surface area contributed by atoms with Crippen LogP contribution in [-0.4, -0.2) is 11.1 Å². The second kappa shape index (κ2) is 4.23. The third-order valence-electron chi connectivity index (χ3n) is 3.12. The fourth-order valence-electron chi connectivity index (χ4n) is 2.24. The van der Waals surface area contributed by atoms with Crippen LogP contribution in [0, 0.1) is 5.92 Å². The number of carboxylic acids is 1. The number of hydrogen-bond donors (Lipinski definition) is 1. The summed E-state index contributed by atoms with van der Waals surface area (Å²) < 4.78 is 0. The summed E-state index contributed by atoms with van der Waals surface area (Å²) in [7, 11) is 0. The van der Waals surface area contributed by atoms with E-state index in [9.17, 15) is 4.79 Å². The van der Waals surface area contributed by atoms with Gasteiger partial charge in [-0.3, -0.25) is 4.79 Å². The van der Waals surface area contributed by atoms with Gasteiger partial charge in [-0.25, -0.2) is 0 Å². The summed E-state index contributed by atoms with van der Waals surface area (Å²) in [5.74, 6) is -0.430. The molecular weight excluding hydrogens is 212 g/mol. The van der Waals surface area contributed by atoms with Crippen LogP contribution in [0.5, 0.6) is 0 Å². The van der Waals surface area contributed by atoms with Crippen molar-refractivity contribution in [1.82, 2.24) is 0 Å². The minimum absolute atomic E-state index is 0.161. The summed E-state index contributed by atoms with van der Waals surface area (Å²) in [6.45, 7) is 0. The molecule has 1 N–H and O–H groups in total. The first-order valence-corrected chi connectivity index (χ1v) is 5.53. The molecule has 2 unspecified atom stereocenters. The molecule has 1 saturated carbocycles. The summed E-state index contributed by atoms with van der Waals surface area (Å²) in [6, 6.07) is 7.73. The highest BCUT2D eigenvalue weighted by Crippen LogP contribution is 2.38. The molecule has 0 aromatic heterocycles. The molecule has 0 amide bonds. The fraction of sp³-hybridized carbons (Fsp3) is 0.417. The fourth-order valence-corrected chi connectivity index (χ4v) is 2.37. The van der Waals surface area contributed by atoms with E-state index in [-0.39, 0.29) is 5.92 Å². The maximum absolute atomic E-state index is 10.8. The molecule has 1 aromatic rings. The lowest BCUT2D eigenvalue weighted by Gasteiger charge is -2.09. The van der Waals surface area contributed by atoms with Crippen molar-refractivity contribution in [1.29, 1.82) is 0 Å². The lowest BCUT2D eigenvalue weighted by molar-refractivity contribution is -0.141. The Morgan fingerprint density at radius 2 is 1.93 bits per heavy atom. The Morgan fingerprint density at radius 1 is 1.27 bits per heavy atom. The van der Waals surface area contributed by atoms with Gasteiger partial charge in [-0.15, -0.1) is 0 Å². The van der Waals surface area contributed by atoms with E-state index >= 15 is 0 Å². The summed E-state index contributed by atoms with van der Waals surface area (Å²) in [5.41, 5.74) is 1.21. The van der Waals surface area contributed by atoms with Crippen LogP contribution in [0.2, 0.25) is 5.02 Å². The van der Waals surface area contributed by atoms with Crippen LogP contribution in [0.4, 0.5) is 0 Å². The largest absolute Gasteiger partial charge is 0.481 e. The first-order chi connectivity index (χ1) is 7.16. The van der Waals surface area contributed by atoms with Crippen LogP contribution in [0.3, 0.4) is 0 Å². The van der Waals surface area contributed by atoms with Crippen LogP contribution < -0.4 is 0 Å². The molecule has 2 rings (SSSR count). The third-order valence-corrected chi connectivity index (χ3v) is 3.38. The molecule has 0 saturated heterocycles. The molecule has 0 heterocycles. The molecule has 3 heteroatoms. The molecule has 2 nitrogen and oxygen atoms in total. The van der Waals surface area contributed by atoms with Gasteiger partial charge >= 0.3 is 5.97 Å². The third kappa shape index (κ3) is 2.32. The molecule has 1 fully saturated rings. The Labute approximate surface area is 93.9 Å². The molecule has 0 aliphatic heterocycles. The summed E-state index contributed by atoms with van der Waals surface area (Å²) in [6.07, 6.45) is 2.53. The molecule has 15 heavy (non-hydrogen) atoms. The lowest BCUT2D eigenvalue weighted by atomic mass is 9.96. The van der Waals surface area contributed by atoms with Crippen molar-refractivity contribution < 1.29 is 9.90 Å². The van der Waals surface area contributed by atoms with Gasteiger partial charge in [-0.2, -0.15) is 0 Å². The van der Waals surface area contributed by atoms with Crippen molar-refractivity contribution in [3.8, 4) is 0 Å². The van der Waals surface area contributed by atoms with Crippen molar-refractivity contribution in [2.45, 2.75) is 25.2 Å². The number of benzene rings is 1. The molecular formula is C12H13ClO2. The van der Waals surface area contributed by atoms with Gasteiger partial charge in [0.1, 0.15) is 0 Å². The number of halogens is 1. The zero-order valence-corrected chi connectivity index (χ0v) is 9.07. The van der Waals surface area contributed by atoms with Crippen molar-refractivity contribution in [3.63, 3.8) is 0 Å². The SMILES string of the molecule is O=C(O)C1CCC(c2ccc(Cl)cc2)C1. The molecule has 2 atom stereocenters. The molecule has 0 spiro atoms. The first kappa shape index (κ1) is 10.5. The van der Waals surface area contributed by atoms with Crippen LogP contribution in [0.1, 0.15) is 30.7 Å². The standard InChI is InChI=1S/C12H13ClO2/c13-11-5-3-8(4-6-11)9-1-2-10(7-9)12(14)15/h3-6,9-10H,1-2,7H2,(H,14,15). The highest BCUT2D eigenvalue weighted by atomic mass is 35.5. The van der Waals surface area contributed by atoms with E-state index in [2.05, 4.69) is 0 Å². The van der Waals surface area contributed by atoms with E-state index in [0.717, 1.165) is 24.3 Å². The molecule has 1 aliphatic rings. The van der Waals surface area contributed by atoms with Crippen LogP contribution in [-0.2, 0) is 4.79 Å². The highest BCUT2D eigenvalue weighted by molar-refractivity contribution is 6.30. The zero-order chi connectivity index (χ0) is 10.8. The minimum Gasteiger partial charge on any atom is -0.481 e. The van der Waals surface area contributed by atoms with Crippen molar-refractivity contribution in [2.75, 3.05) is 0 Å². The summed E-state index contributed by atoms with van der Waals surface area (Å²) in [5, 5.41) is 9.63. The Bertz CT molecular complexity index is 358. The maximum atomic E-state index is 10.8. The van der Waals surface area contributed by atoms with Gasteiger partial charge in [0.15, 0.2) is 0 Å². The van der Waals surface area contributed by atoms with Gasteiger partial charge in [0.05, 0.1) is 5.92 Å². The van der Waals surface area contributed by atoms with E-state index in [1.54, 1.807) is 0 Å². The summed E-state index contributed by atoms with van der Waals surface area (Å²) >= 11 is 5.80. The van der Waals surface area contributed by atoms with Gasteiger partial charge in [-0.1, -0.05) is 23.7 Å².